The zero-order valence-corrected chi connectivity index (χ0v) is 9.67. The van der Waals surface area contributed by atoms with E-state index in [2.05, 4.69) is 30.3 Å². The van der Waals surface area contributed by atoms with Gasteiger partial charge in [0.1, 0.15) is 5.44 Å². The van der Waals surface area contributed by atoms with Crippen molar-refractivity contribution in [3.05, 3.63) is 42.5 Å². The van der Waals surface area contributed by atoms with Crippen molar-refractivity contribution in [2.45, 2.75) is 17.3 Å². The van der Waals surface area contributed by atoms with Gasteiger partial charge in [-0.15, -0.1) is 0 Å². The number of rotatable bonds is 3. The second kappa shape index (κ2) is 4.69. The predicted octanol–water partition coefficient (Wildman–Crippen LogP) is 3.72. The Bertz CT molecular complexity index is 453. The summed E-state index contributed by atoms with van der Waals surface area (Å²) in [7, 11) is 1.72. The van der Waals surface area contributed by atoms with Crippen LogP contribution in [0, 0.1) is 6.07 Å². The van der Waals surface area contributed by atoms with Crippen LogP contribution in [-0.2, 0) is 4.74 Å². The second-order valence-corrected chi connectivity index (χ2v) is 4.67. The Kier molecular flexibility index (Phi) is 3.29. The minimum Gasteiger partial charge on any atom is -0.371 e. The molecule has 0 N–H and O–H groups in total. The molecular formula is C13H13OS. The number of thioether (sulfide) groups is 1. The summed E-state index contributed by atoms with van der Waals surface area (Å²) in [5, 5.41) is 2.39. The van der Waals surface area contributed by atoms with Crippen molar-refractivity contribution in [3.8, 4) is 0 Å². The molecule has 1 nitrogen and oxygen atoms in total. The molecule has 0 fully saturated rings. The minimum absolute atomic E-state index is 0.169. The van der Waals surface area contributed by atoms with Crippen molar-refractivity contribution in [3.63, 3.8) is 0 Å². The van der Waals surface area contributed by atoms with E-state index in [0.717, 1.165) is 10.3 Å². The highest BCUT2D eigenvalue weighted by molar-refractivity contribution is 7.99. The number of hydrogen-bond donors (Lipinski definition) is 0. The van der Waals surface area contributed by atoms with Gasteiger partial charge in [0.2, 0.25) is 0 Å². The average molecular weight is 217 g/mol. The lowest BCUT2D eigenvalue weighted by molar-refractivity contribution is 0.188. The van der Waals surface area contributed by atoms with Crippen LogP contribution < -0.4 is 0 Å². The van der Waals surface area contributed by atoms with Crippen molar-refractivity contribution in [2.24, 2.45) is 0 Å². The van der Waals surface area contributed by atoms with Crippen LogP contribution in [0.5, 0.6) is 0 Å². The molecule has 2 aromatic carbocycles. The Morgan fingerprint density at radius 1 is 1.20 bits per heavy atom. The third-order valence-electron chi connectivity index (χ3n) is 2.26. The van der Waals surface area contributed by atoms with Crippen LogP contribution in [-0.4, -0.2) is 12.5 Å². The quantitative estimate of drug-likeness (QED) is 0.572. The molecule has 2 heteroatoms. The summed E-state index contributed by atoms with van der Waals surface area (Å²) in [6.45, 7) is 2.04. The second-order valence-electron chi connectivity index (χ2n) is 3.33. The summed E-state index contributed by atoms with van der Waals surface area (Å²) in [5.41, 5.74) is 0.169. The summed E-state index contributed by atoms with van der Waals surface area (Å²) in [6.07, 6.45) is 0. The third kappa shape index (κ3) is 2.52. The average Bonchev–Trinajstić information content (AvgIpc) is 2.29. The van der Waals surface area contributed by atoms with Gasteiger partial charge in [0.15, 0.2) is 0 Å². The Hall–Kier alpha value is -0.990. The number of benzene rings is 2. The summed E-state index contributed by atoms with van der Waals surface area (Å²) < 4.78 is 5.21. The predicted molar refractivity (Wildman–Crippen MR) is 65.1 cm³/mol. The van der Waals surface area contributed by atoms with E-state index in [1.165, 1.54) is 5.39 Å². The van der Waals surface area contributed by atoms with Crippen LogP contribution in [0.1, 0.15) is 6.92 Å². The molecule has 77 valence electrons. The molecule has 2 aromatic rings. The first kappa shape index (κ1) is 10.5. The van der Waals surface area contributed by atoms with Crippen molar-refractivity contribution in [1.29, 1.82) is 0 Å². The molecule has 0 bridgehead atoms. The van der Waals surface area contributed by atoms with Crippen molar-refractivity contribution in [2.75, 3.05) is 7.11 Å². The highest BCUT2D eigenvalue weighted by atomic mass is 32.2. The largest absolute Gasteiger partial charge is 0.371 e. The topological polar surface area (TPSA) is 9.23 Å². The Morgan fingerprint density at radius 3 is 2.80 bits per heavy atom. The lowest BCUT2D eigenvalue weighted by Crippen LogP contribution is -1.97. The van der Waals surface area contributed by atoms with E-state index in [9.17, 15) is 0 Å². The van der Waals surface area contributed by atoms with E-state index >= 15 is 0 Å². The fraction of sp³-hybridized carbons (Fsp3) is 0.231. The van der Waals surface area contributed by atoms with Gasteiger partial charge in [-0.05, 0) is 23.8 Å². The van der Waals surface area contributed by atoms with Crippen LogP contribution in [0.4, 0.5) is 0 Å². The summed E-state index contributed by atoms with van der Waals surface area (Å²) >= 11 is 1.68. The number of ether oxygens (including phenoxy) is 1. The maximum Gasteiger partial charge on any atom is 0.104 e. The Morgan fingerprint density at radius 2 is 2.00 bits per heavy atom. The van der Waals surface area contributed by atoms with Crippen LogP contribution in [0.3, 0.4) is 0 Å². The zero-order chi connectivity index (χ0) is 10.7. The normalized spacial score (nSPS) is 12.9. The number of hydrogen-bond acceptors (Lipinski definition) is 2. The van der Waals surface area contributed by atoms with E-state index in [1.54, 1.807) is 18.9 Å². The molecule has 2 rings (SSSR count). The fourth-order valence-corrected chi connectivity index (χ4v) is 2.16. The van der Waals surface area contributed by atoms with Crippen LogP contribution in [0.15, 0.2) is 41.3 Å². The van der Waals surface area contributed by atoms with Crippen molar-refractivity contribution < 1.29 is 4.74 Å². The van der Waals surface area contributed by atoms with Gasteiger partial charge in [0.05, 0.1) is 0 Å². The molecular weight excluding hydrogens is 204 g/mol. The lowest BCUT2D eigenvalue weighted by atomic mass is 10.1. The molecule has 0 heterocycles. The Labute approximate surface area is 94.4 Å². The molecule has 0 aromatic heterocycles. The Balaban J connectivity index is 2.30. The van der Waals surface area contributed by atoms with Gasteiger partial charge in [-0.2, -0.15) is 0 Å². The first-order valence-electron chi connectivity index (χ1n) is 4.90. The van der Waals surface area contributed by atoms with Gasteiger partial charge in [0.25, 0.3) is 0 Å². The fourth-order valence-electron chi connectivity index (χ4n) is 1.39. The summed E-state index contributed by atoms with van der Waals surface area (Å²) in [4.78, 5) is 1.13. The van der Waals surface area contributed by atoms with Gasteiger partial charge >= 0.3 is 0 Å². The monoisotopic (exact) mass is 217 g/mol. The molecule has 0 amide bonds. The SMILES string of the molecule is COC(C)Sc1[c]c2ccccc2cc1. The lowest BCUT2D eigenvalue weighted by Gasteiger charge is -2.08. The van der Waals surface area contributed by atoms with Crippen LogP contribution in [0.2, 0.25) is 0 Å². The first-order valence-corrected chi connectivity index (χ1v) is 5.78. The van der Waals surface area contributed by atoms with Gasteiger partial charge in [-0.1, -0.05) is 42.1 Å². The van der Waals surface area contributed by atoms with Crippen molar-refractivity contribution >= 4 is 22.5 Å². The number of fused-ring (bicyclic) bond motifs is 1. The zero-order valence-electron chi connectivity index (χ0n) is 8.86. The molecule has 1 radical (unpaired) electrons. The number of methoxy groups -OCH3 is 1. The highest BCUT2D eigenvalue weighted by Gasteiger charge is 2.03. The smallest absolute Gasteiger partial charge is 0.104 e. The molecule has 1 unspecified atom stereocenters. The van der Waals surface area contributed by atoms with E-state index < -0.39 is 0 Å². The van der Waals surface area contributed by atoms with E-state index in [4.69, 9.17) is 4.74 Å². The molecule has 0 saturated carbocycles. The van der Waals surface area contributed by atoms with E-state index in [-0.39, 0.29) is 5.44 Å². The van der Waals surface area contributed by atoms with Gasteiger partial charge < -0.3 is 4.74 Å². The van der Waals surface area contributed by atoms with Gasteiger partial charge in [-0.3, -0.25) is 0 Å². The van der Waals surface area contributed by atoms with Gasteiger partial charge in [0, 0.05) is 18.1 Å². The summed E-state index contributed by atoms with van der Waals surface area (Å²) in [6, 6.07) is 15.8. The molecule has 0 aliphatic heterocycles. The molecule has 1 atom stereocenters. The van der Waals surface area contributed by atoms with E-state index in [1.807, 2.05) is 19.1 Å². The molecule has 0 saturated heterocycles. The molecule has 0 aliphatic carbocycles. The molecule has 0 spiro atoms. The minimum atomic E-state index is 0.169. The molecule has 15 heavy (non-hydrogen) atoms. The van der Waals surface area contributed by atoms with Gasteiger partial charge in [-0.25, -0.2) is 0 Å². The summed E-state index contributed by atoms with van der Waals surface area (Å²) in [5.74, 6) is 0. The van der Waals surface area contributed by atoms with Crippen LogP contribution >= 0.6 is 11.8 Å². The molecule has 0 aliphatic rings. The third-order valence-corrected chi connectivity index (χ3v) is 3.27. The highest BCUT2D eigenvalue weighted by Crippen LogP contribution is 2.26. The maximum atomic E-state index is 5.21. The standard InChI is InChI=1S/C13H13OS/c1-10(14-2)15-13-8-7-11-5-3-4-6-12(11)9-13/h3-8,10H,1-2H3. The van der Waals surface area contributed by atoms with Crippen LogP contribution in [0.25, 0.3) is 10.8 Å². The van der Waals surface area contributed by atoms with Crippen molar-refractivity contribution in [1.82, 2.24) is 0 Å². The first-order chi connectivity index (χ1) is 7.29. The van der Waals surface area contributed by atoms with E-state index in [0.29, 0.717) is 0 Å². The maximum absolute atomic E-state index is 5.21.